The second-order valence-corrected chi connectivity index (χ2v) is 20.4. The summed E-state index contributed by atoms with van der Waals surface area (Å²) in [5.74, 6) is -3.86. The Balaban J connectivity index is 6.58. The van der Waals surface area contributed by atoms with Crippen LogP contribution in [-0.4, -0.2) is 103 Å². The van der Waals surface area contributed by atoms with E-state index in [1.165, 1.54) is 0 Å². The predicted octanol–water partition coefficient (Wildman–Crippen LogP) is -5.36. The second-order valence-electron chi connectivity index (χ2n) is 5.04. The molecule has 8 N–H and O–H groups in total. The van der Waals surface area contributed by atoms with Crippen molar-refractivity contribution in [3.8, 4) is 0 Å². The molecule has 0 saturated carbocycles. The SMILES string of the molecule is NCCS(=O)(=O)[O][Sn]([O]S(=O)(=O)CCN)([O]S(=O)(=O)CCN)[O]S(=O)(=O)CCN. The normalized spacial score (nSPS) is 14.2. The molecule has 21 heteroatoms. The third-order valence-electron chi connectivity index (χ3n) is 2.39. The van der Waals surface area contributed by atoms with Crippen LogP contribution in [0, 0.1) is 0 Å². The van der Waals surface area contributed by atoms with Crippen molar-refractivity contribution in [3.05, 3.63) is 0 Å². The Morgan fingerprint density at radius 2 is 0.621 bits per heavy atom. The molecular weight excluding hydrogens is 591 g/mol. The van der Waals surface area contributed by atoms with Crippen molar-refractivity contribution in [2.75, 3.05) is 49.2 Å². The Hall–Kier alpha value is 0.279. The van der Waals surface area contributed by atoms with Gasteiger partial charge in [0.15, 0.2) is 0 Å². The second kappa shape index (κ2) is 11.8. The van der Waals surface area contributed by atoms with Crippen LogP contribution in [0.15, 0.2) is 0 Å². The summed E-state index contributed by atoms with van der Waals surface area (Å²) in [5, 5.41) is 0. The summed E-state index contributed by atoms with van der Waals surface area (Å²) < 4.78 is 114. The molecule has 0 aliphatic rings. The molecule has 0 amide bonds. The Morgan fingerprint density at radius 1 is 0.448 bits per heavy atom. The molecule has 0 rings (SSSR count). The Labute approximate surface area is 175 Å². The maximum atomic E-state index is 12.0. The third-order valence-corrected chi connectivity index (χ3v) is 22.9. The van der Waals surface area contributed by atoms with E-state index >= 15 is 0 Å². The Morgan fingerprint density at radius 3 is 0.759 bits per heavy atom. The van der Waals surface area contributed by atoms with Gasteiger partial charge in [0.05, 0.1) is 0 Å². The molecule has 0 aromatic carbocycles. The number of hydrogen-bond acceptors (Lipinski definition) is 16. The van der Waals surface area contributed by atoms with Crippen molar-refractivity contribution in [2.45, 2.75) is 0 Å². The van der Waals surface area contributed by atoms with Gasteiger partial charge >= 0.3 is 176 Å². The average Bonchev–Trinajstić information content (AvgIpc) is 2.43. The molecule has 0 heterocycles. The molecule has 0 aliphatic carbocycles. The minimum atomic E-state index is -7.05. The first-order valence-electron chi connectivity index (χ1n) is 7.60. The van der Waals surface area contributed by atoms with E-state index in [1.807, 2.05) is 0 Å². The van der Waals surface area contributed by atoms with Gasteiger partial charge in [0.25, 0.3) is 0 Å². The van der Waals surface area contributed by atoms with Crippen LogP contribution < -0.4 is 22.9 Å². The van der Waals surface area contributed by atoms with E-state index in [0.29, 0.717) is 0 Å². The van der Waals surface area contributed by atoms with E-state index in [-0.39, 0.29) is 0 Å². The van der Waals surface area contributed by atoms with Gasteiger partial charge in [0.2, 0.25) is 0 Å². The van der Waals surface area contributed by atoms with Crippen LogP contribution in [0.3, 0.4) is 0 Å². The van der Waals surface area contributed by atoms with E-state index in [4.69, 9.17) is 22.9 Å². The van der Waals surface area contributed by atoms with Gasteiger partial charge in [-0.15, -0.1) is 0 Å². The number of nitrogens with two attached hydrogens (primary N) is 4. The fourth-order valence-corrected chi connectivity index (χ4v) is 22.6. The molecule has 0 fully saturated rings. The summed E-state index contributed by atoms with van der Waals surface area (Å²) in [7, 11) is -19.4. The van der Waals surface area contributed by atoms with Crippen LogP contribution in [0.25, 0.3) is 0 Å². The Bertz CT molecular complexity index is 775. The standard InChI is InChI=1S/4C2H7NO3S.Sn/c4*3-1-2-7(4,5)6;/h4*1-3H2,(H,4,5,6);/q;;;;+4/p-4. The van der Waals surface area contributed by atoms with Crippen molar-refractivity contribution < 1.29 is 43.8 Å². The molecule has 0 radical (unpaired) electrons. The zero-order valence-electron chi connectivity index (χ0n) is 15.0. The molecule has 176 valence electrons. The van der Waals surface area contributed by atoms with E-state index in [2.05, 4.69) is 10.1 Å². The van der Waals surface area contributed by atoms with Crippen LogP contribution in [-0.2, 0) is 50.6 Å². The minimum absolute atomic E-state index is 0.551. The summed E-state index contributed by atoms with van der Waals surface area (Å²) >= 11 is -7.05. The zero-order valence-corrected chi connectivity index (χ0v) is 21.1. The molecule has 16 nitrogen and oxygen atoms in total. The molecule has 29 heavy (non-hydrogen) atoms. The summed E-state index contributed by atoms with van der Waals surface area (Å²) in [6, 6.07) is 0. The molecular formula is C8H24N4O12S4Sn. The molecule has 0 unspecified atom stereocenters. The first kappa shape index (κ1) is 29.3. The Kier molecular flexibility index (Phi) is 11.9. The van der Waals surface area contributed by atoms with Crippen LogP contribution >= 0.6 is 0 Å². The third kappa shape index (κ3) is 12.0. The van der Waals surface area contributed by atoms with Crippen LogP contribution in [0.4, 0.5) is 0 Å². The van der Waals surface area contributed by atoms with Crippen LogP contribution in [0.5, 0.6) is 0 Å². The summed E-state index contributed by atoms with van der Waals surface area (Å²) in [6.45, 7) is -2.20. The van der Waals surface area contributed by atoms with Gasteiger partial charge in [-0.05, 0) is 0 Å². The van der Waals surface area contributed by atoms with Crippen molar-refractivity contribution in [1.82, 2.24) is 0 Å². The molecule has 0 aliphatic heterocycles. The summed E-state index contributed by atoms with van der Waals surface area (Å²) in [5.41, 5.74) is 20.4. The average molecular weight is 615 g/mol. The van der Waals surface area contributed by atoms with Gasteiger partial charge in [-0.1, -0.05) is 0 Å². The van der Waals surface area contributed by atoms with Crippen LogP contribution in [0.2, 0.25) is 0 Å². The van der Waals surface area contributed by atoms with E-state index in [0.717, 1.165) is 0 Å². The van der Waals surface area contributed by atoms with Gasteiger partial charge in [-0.2, -0.15) is 0 Å². The summed E-state index contributed by atoms with van der Waals surface area (Å²) in [6.07, 6.45) is 0. The van der Waals surface area contributed by atoms with E-state index in [9.17, 15) is 33.7 Å². The molecule has 0 aromatic rings. The van der Waals surface area contributed by atoms with Gasteiger partial charge in [0.1, 0.15) is 0 Å². The number of hydrogen-bond donors (Lipinski definition) is 4. The van der Waals surface area contributed by atoms with Crippen molar-refractivity contribution >= 4 is 60.5 Å². The van der Waals surface area contributed by atoms with Crippen molar-refractivity contribution in [2.24, 2.45) is 22.9 Å². The van der Waals surface area contributed by atoms with Gasteiger partial charge < -0.3 is 0 Å². The van der Waals surface area contributed by atoms with E-state index in [1.54, 1.807) is 0 Å². The van der Waals surface area contributed by atoms with Crippen LogP contribution in [0.1, 0.15) is 0 Å². The molecule has 0 saturated heterocycles. The molecule has 0 aromatic heterocycles. The van der Waals surface area contributed by atoms with E-state index < -0.39 is 110 Å². The maximum absolute atomic E-state index is 12.0. The van der Waals surface area contributed by atoms with Gasteiger partial charge in [-0.25, -0.2) is 0 Å². The molecule has 0 bridgehead atoms. The van der Waals surface area contributed by atoms with Crippen molar-refractivity contribution in [3.63, 3.8) is 0 Å². The fraction of sp³-hybridized carbons (Fsp3) is 1.00. The summed E-state index contributed by atoms with van der Waals surface area (Å²) in [4.78, 5) is 0. The monoisotopic (exact) mass is 616 g/mol. The zero-order chi connectivity index (χ0) is 23.0. The first-order valence-corrected chi connectivity index (χ1v) is 18.6. The number of rotatable bonds is 16. The quantitative estimate of drug-likeness (QED) is 0.118. The first-order chi connectivity index (χ1) is 13.1. The molecule has 0 atom stereocenters. The van der Waals surface area contributed by atoms with Crippen molar-refractivity contribution in [1.29, 1.82) is 0 Å². The predicted molar refractivity (Wildman–Crippen MR) is 101 cm³/mol. The topological polar surface area (TPSA) is 278 Å². The molecule has 0 spiro atoms. The fourth-order valence-electron chi connectivity index (χ4n) is 1.45. The van der Waals surface area contributed by atoms with Gasteiger partial charge in [0, 0.05) is 0 Å². The van der Waals surface area contributed by atoms with Gasteiger partial charge in [-0.3, -0.25) is 0 Å².